The Morgan fingerprint density at radius 3 is 2.55 bits per heavy atom. The minimum Gasteiger partial charge on any atom is -0.305 e. The van der Waals surface area contributed by atoms with Crippen molar-refractivity contribution in [3.63, 3.8) is 0 Å². The number of rotatable bonds is 1. The summed E-state index contributed by atoms with van der Waals surface area (Å²) >= 11 is 0. The molecule has 0 unspecified atom stereocenters. The van der Waals surface area contributed by atoms with E-state index in [1.165, 1.54) is 18.3 Å². The average Bonchev–Trinajstić information content (AvgIpc) is 2.74. The number of aromatic nitrogens is 3. The van der Waals surface area contributed by atoms with Crippen LogP contribution in [0.2, 0.25) is 0 Å². The molecule has 0 fully saturated rings. The molecule has 3 aromatic rings. The molecule has 7 heteroatoms. The van der Waals surface area contributed by atoms with Crippen LogP contribution in [0.15, 0.2) is 47.4 Å². The lowest BCUT2D eigenvalue weighted by Crippen LogP contribution is -2.15. The second kappa shape index (κ2) is 4.22. The van der Waals surface area contributed by atoms with Gasteiger partial charge in [0.15, 0.2) is 0 Å². The van der Waals surface area contributed by atoms with Crippen molar-refractivity contribution in [2.75, 3.05) is 0 Å². The van der Waals surface area contributed by atoms with Gasteiger partial charge < -0.3 is 4.98 Å². The van der Waals surface area contributed by atoms with E-state index >= 15 is 0 Å². The Balaban J connectivity index is 2.37. The second-order valence-electron chi connectivity index (χ2n) is 4.15. The zero-order chi connectivity index (χ0) is 14.3. The molecule has 20 heavy (non-hydrogen) atoms. The summed E-state index contributed by atoms with van der Waals surface area (Å²) in [7, 11) is 0. The molecule has 0 atom stereocenters. The number of H-pyrrole nitrogens is 1. The molecule has 102 valence electrons. The number of fused-ring (bicyclic) bond motifs is 1. The Morgan fingerprint density at radius 2 is 1.90 bits per heavy atom. The molecular weight excluding hydrogens is 271 g/mol. The molecule has 2 aromatic heterocycles. The summed E-state index contributed by atoms with van der Waals surface area (Å²) in [4.78, 5) is 18.2. The Hall–Kier alpha value is -2.57. The highest BCUT2D eigenvalue weighted by molar-refractivity contribution is 5.81. The van der Waals surface area contributed by atoms with E-state index in [-0.39, 0.29) is 16.9 Å². The van der Waals surface area contributed by atoms with Gasteiger partial charge in [0.1, 0.15) is 5.82 Å². The van der Waals surface area contributed by atoms with Gasteiger partial charge >= 0.3 is 11.9 Å². The lowest BCUT2D eigenvalue weighted by molar-refractivity contribution is -0.136. The maximum Gasteiger partial charge on any atom is 0.418 e. The van der Waals surface area contributed by atoms with Crippen molar-refractivity contribution in [1.82, 2.24) is 14.5 Å². The number of halogens is 3. The van der Waals surface area contributed by atoms with Gasteiger partial charge in [-0.1, -0.05) is 12.1 Å². The summed E-state index contributed by atoms with van der Waals surface area (Å²) < 4.78 is 39.9. The molecule has 2 heterocycles. The molecule has 3 rings (SSSR count). The lowest BCUT2D eigenvalue weighted by Gasteiger charge is -2.07. The van der Waals surface area contributed by atoms with Crippen molar-refractivity contribution in [3.8, 4) is 5.82 Å². The van der Waals surface area contributed by atoms with E-state index in [0.29, 0.717) is 0 Å². The molecule has 4 nitrogen and oxygen atoms in total. The Morgan fingerprint density at radius 1 is 1.10 bits per heavy atom. The van der Waals surface area contributed by atoms with Gasteiger partial charge in [0.25, 0.3) is 0 Å². The number of nitrogens with zero attached hydrogens (tertiary/aromatic N) is 2. The van der Waals surface area contributed by atoms with Crippen LogP contribution < -0.4 is 5.69 Å². The van der Waals surface area contributed by atoms with Gasteiger partial charge in [0.2, 0.25) is 0 Å². The van der Waals surface area contributed by atoms with Crippen molar-refractivity contribution in [3.05, 3.63) is 58.6 Å². The first-order valence-corrected chi connectivity index (χ1v) is 5.71. The van der Waals surface area contributed by atoms with Gasteiger partial charge in [0.05, 0.1) is 16.6 Å². The predicted molar refractivity (Wildman–Crippen MR) is 66.7 cm³/mol. The van der Waals surface area contributed by atoms with Crippen molar-refractivity contribution in [1.29, 1.82) is 0 Å². The van der Waals surface area contributed by atoms with E-state index in [4.69, 9.17) is 0 Å². The molecule has 0 bridgehead atoms. The number of pyridine rings is 1. The van der Waals surface area contributed by atoms with Crippen molar-refractivity contribution >= 4 is 11.0 Å². The second-order valence-corrected chi connectivity index (χ2v) is 4.15. The van der Waals surface area contributed by atoms with E-state index in [1.54, 1.807) is 18.2 Å². The third-order valence-corrected chi connectivity index (χ3v) is 2.90. The Kier molecular flexibility index (Phi) is 2.63. The SMILES string of the molecule is O=c1[nH]c2c(C(F)(F)F)cccc2n1-c1ccccn1. The van der Waals surface area contributed by atoms with E-state index in [1.807, 2.05) is 0 Å². The van der Waals surface area contributed by atoms with E-state index in [9.17, 15) is 18.0 Å². The minimum atomic E-state index is -4.53. The van der Waals surface area contributed by atoms with Gasteiger partial charge in [-0.05, 0) is 24.3 Å². The first-order chi connectivity index (χ1) is 9.48. The molecule has 0 spiro atoms. The smallest absolute Gasteiger partial charge is 0.305 e. The number of nitrogens with one attached hydrogen (secondary N) is 1. The molecule has 0 aliphatic rings. The molecular formula is C13H8F3N3O. The molecule has 0 aliphatic heterocycles. The normalized spacial score (nSPS) is 11.9. The van der Waals surface area contributed by atoms with Crippen molar-refractivity contribution in [2.24, 2.45) is 0 Å². The molecule has 1 aromatic carbocycles. The summed E-state index contributed by atoms with van der Waals surface area (Å²) in [6.45, 7) is 0. The quantitative estimate of drug-likeness (QED) is 0.744. The summed E-state index contributed by atoms with van der Waals surface area (Å²) in [5.74, 6) is 0.267. The fraction of sp³-hybridized carbons (Fsp3) is 0.0769. The van der Waals surface area contributed by atoms with E-state index < -0.39 is 17.4 Å². The number of imidazole rings is 1. The number of alkyl halides is 3. The topological polar surface area (TPSA) is 50.7 Å². The Bertz CT molecular complexity index is 818. The van der Waals surface area contributed by atoms with Crippen LogP contribution >= 0.6 is 0 Å². The summed E-state index contributed by atoms with van der Waals surface area (Å²) in [5, 5.41) is 0. The van der Waals surface area contributed by atoms with Crippen LogP contribution in [0.5, 0.6) is 0 Å². The maximum absolute atomic E-state index is 12.9. The third-order valence-electron chi connectivity index (χ3n) is 2.90. The van der Waals surface area contributed by atoms with Gasteiger partial charge in [-0.2, -0.15) is 13.2 Å². The number of para-hydroxylation sites is 1. The van der Waals surface area contributed by atoms with Crippen LogP contribution in [0, 0.1) is 0 Å². The van der Waals surface area contributed by atoms with Gasteiger partial charge in [-0.15, -0.1) is 0 Å². The van der Waals surface area contributed by atoms with E-state index in [0.717, 1.165) is 10.6 Å². The number of benzene rings is 1. The molecule has 0 saturated heterocycles. The molecule has 0 saturated carbocycles. The number of hydrogen-bond acceptors (Lipinski definition) is 2. The van der Waals surface area contributed by atoms with Gasteiger partial charge in [0, 0.05) is 6.20 Å². The summed E-state index contributed by atoms with van der Waals surface area (Å²) in [6, 6.07) is 8.50. The molecule has 1 N–H and O–H groups in total. The fourth-order valence-electron chi connectivity index (χ4n) is 2.08. The van der Waals surface area contributed by atoms with E-state index in [2.05, 4.69) is 9.97 Å². The monoisotopic (exact) mass is 279 g/mol. The Labute approximate surface area is 110 Å². The fourth-order valence-corrected chi connectivity index (χ4v) is 2.08. The molecule has 0 radical (unpaired) electrons. The number of hydrogen-bond donors (Lipinski definition) is 1. The summed E-state index contributed by atoms with van der Waals surface area (Å²) in [6.07, 6.45) is -3.06. The zero-order valence-corrected chi connectivity index (χ0v) is 9.98. The lowest BCUT2D eigenvalue weighted by atomic mass is 10.2. The van der Waals surface area contributed by atoms with Crippen LogP contribution in [0.4, 0.5) is 13.2 Å². The average molecular weight is 279 g/mol. The maximum atomic E-state index is 12.9. The van der Waals surface area contributed by atoms with Crippen LogP contribution in [-0.2, 0) is 6.18 Å². The van der Waals surface area contributed by atoms with Crippen molar-refractivity contribution in [2.45, 2.75) is 6.18 Å². The zero-order valence-electron chi connectivity index (χ0n) is 9.98. The van der Waals surface area contributed by atoms with Crippen LogP contribution in [0.3, 0.4) is 0 Å². The highest BCUT2D eigenvalue weighted by Gasteiger charge is 2.33. The van der Waals surface area contributed by atoms with Gasteiger partial charge in [-0.3, -0.25) is 0 Å². The van der Waals surface area contributed by atoms with Crippen LogP contribution in [0.1, 0.15) is 5.56 Å². The van der Waals surface area contributed by atoms with Gasteiger partial charge in [-0.25, -0.2) is 14.3 Å². The van der Waals surface area contributed by atoms with Crippen molar-refractivity contribution < 1.29 is 13.2 Å². The largest absolute Gasteiger partial charge is 0.418 e. The van der Waals surface area contributed by atoms with Crippen LogP contribution in [0.25, 0.3) is 16.9 Å². The first kappa shape index (κ1) is 12.5. The highest BCUT2D eigenvalue weighted by Crippen LogP contribution is 2.33. The van der Waals surface area contributed by atoms with Crippen LogP contribution in [-0.4, -0.2) is 14.5 Å². The standard InChI is InChI=1S/C13H8F3N3O/c14-13(15,16)8-4-3-5-9-11(8)18-12(20)19(9)10-6-1-2-7-17-10/h1-7H,(H,18,20). The highest BCUT2D eigenvalue weighted by atomic mass is 19.4. The molecule has 0 amide bonds. The third kappa shape index (κ3) is 1.87. The first-order valence-electron chi connectivity index (χ1n) is 5.71. The molecule has 0 aliphatic carbocycles. The summed E-state index contributed by atoms with van der Waals surface area (Å²) in [5.41, 5.74) is -1.63. The minimum absolute atomic E-state index is 0.142. The predicted octanol–water partition coefficient (Wildman–Crippen LogP) is 2.73. The number of aromatic amines is 1.